The summed E-state index contributed by atoms with van der Waals surface area (Å²) < 4.78 is 7.54. The molecule has 2 heterocycles. The molecular weight excluding hydrogens is 180 g/mol. The molecule has 14 heavy (non-hydrogen) atoms. The summed E-state index contributed by atoms with van der Waals surface area (Å²) in [7, 11) is 0. The van der Waals surface area contributed by atoms with Crippen molar-refractivity contribution in [3.63, 3.8) is 0 Å². The Labute approximate surface area is 83.3 Å². The van der Waals surface area contributed by atoms with Crippen LogP contribution in [0.5, 0.6) is 0 Å². The minimum atomic E-state index is 0.275. The molecule has 1 fully saturated rings. The van der Waals surface area contributed by atoms with E-state index < -0.39 is 0 Å². The van der Waals surface area contributed by atoms with Crippen molar-refractivity contribution in [3.05, 3.63) is 12.2 Å². The van der Waals surface area contributed by atoms with Gasteiger partial charge < -0.3 is 10.5 Å². The minimum absolute atomic E-state index is 0.275. The Hall–Kier alpha value is -0.940. The van der Waals surface area contributed by atoms with Crippen LogP contribution in [0.15, 0.2) is 6.33 Å². The van der Waals surface area contributed by atoms with Gasteiger partial charge in [-0.1, -0.05) is 0 Å². The van der Waals surface area contributed by atoms with Gasteiger partial charge in [0, 0.05) is 0 Å². The van der Waals surface area contributed by atoms with Crippen molar-refractivity contribution >= 4 is 0 Å². The summed E-state index contributed by atoms with van der Waals surface area (Å²) in [4.78, 5) is 4.07. The maximum atomic E-state index is 5.70. The fraction of sp³-hybridized carbons (Fsp3) is 0.778. The van der Waals surface area contributed by atoms with Gasteiger partial charge in [-0.3, -0.25) is 0 Å². The predicted octanol–water partition coefficient (Wildman–Crippen LogP) is 0.304. The summed E-state index contributed by atoms with van der Waals surface area (Å²) >= 11 is 0. The van der Waals surface area contributed by atoms with Crippen molar-refractivity contribution < 1.29 is 4.74 Å². The van der Waals surface area contributed by atoms with E-state index in [1.54, 1.807) is 6.33 Å². The fourth-order valence-corrected chi connectivity index (χ4v) is 1.81. The van der Waals surface area contributed by atoms with Crippen molar-refractivity contribution in [2.24, 2.45) is 5.73 Å². The lowest BCUT2D eigenvalue weighted by molar-refractivity contribution is 0.0431. The van der Waals surface area contributed by atoms with Crippen LogP contribution in [0.4, 0.5) is 0 Å². The van der Waals surface area contributed by atoms with E-state index in [9.17, 15) is 0 Å². The third kappa shape index (κ3) is 1.93. The molecule has 78 valence electrons. The Morgan fingerprint density at radius 1 is 1.64 bits per heavy atom. The van der Waals surface area contributed by atoms with E-state index in [0.29, 0.717) is 12.6 Å². The van der Waals surface area contributed by atoms with Crippen LogP contribution in [0.3, 0.4) is 0 Å². The van der Waals surface area contributed by atoms with Gasteiger partial charge in [0.2, 0.25) is 0 Å². The van der Waals surface area contributed by atoms with E-state index in [4.69, 9.17) is 10.5 Å². The SMILES string of the molecule is CC1CCC(Cn2ncnc2CN)O1. The van der Waals surface area contributed by atoms with Crippen molar-refractivity contribution in [3.8, 4) is 0 Å². The molecule has 2 unspecified atom stereocenters. The summed E-state index contributed by atoms with van der Waals surface area (Å²) in [5, 5.41) is 4.12. The van der Waals surface area contributed by atoms with Gasteiger partial charge in [-0.15, -0.1) is 0 Å². The molecule has 1 aromatic heterocycles. The number of rotatable bonds is 3. The Bertz CT molecular complexity index is 299. The first kappa shape index (κ1) is 9.61. The number of aromatic nitrogens is 3. The number of nitrogens with zero attached hydrogens (tertiary/aromatic N) is 3. The van der Waals surface area contributed by atoms with Crippen molar-refractivity contribution in [1.29, 1.82) is 0 Å². The smallest absolute Gasteiger partial charge is 0.140 e. The minimum Gasteiger partial charge on any atom is -0.373 e. The zero-order valence-corrected chi connectivity index (χ0v) is 8.39. The molecule has 1 aliphatic rings. The Morgan fingerprint density at radius 2 is 2.50 bits per heavy atom. The largest absolute Gasteiger partial charge is 0.373 e. The van der Waals surface area contributed by atoms with Crippen LogP contribution >= 0.6 is 0 Å². The van der Waals surface area contributed by atoms with Gasteiger partial charge in [0.1, 0.15) is 12.2 Å². The topological polar surface area (TPSA) is 66.0 Å². The van der Waals surface area contributed by atoms with Gasteiger partial charge in [0.05, 0.1) is 25.3 Å². The van der Waals surface area contributed by atoms with Gasteiger partial charge in [-0.05, 0) is 19.8 Å². The zero-order valence-electron chi connectivity index (χ0n) is 8.39. The van der Waals surface area contributed by atoms with Gasteiger partial charge >= 0.3 is 0 Å². The summed E-state index contributed by atoms with van der Waals surface area (Å²) in [6.45, 7) is 3.31. The quantitative estimate of drug-likeness (QED) is 0.755. The Balaban J connectivity index is 1.97. The number of hydrogen-bond donors (Lipinski definition) is 1. The highest BCUT2D eigenvalue weighted by Gasteiger charge is 2.22. The Morgan fingerprint density at radius 3 is 3.14 bits per heavy atom. The van der Waals surface area contributed by atoms with E-state index in [1.165, 1.54) is 0 Å². The van der Waals surface area contributed by atoms with Gasteiger partial charge in [0.15, 0.2) is 0 Å². The van der Waals surface area contributed by atoms with Crippen LogP contribution in [0, 0.1) is 0 Å². The fourth-order valence-electron chi connectivity index (χ4n) is 1.81. The van der Waals surface area contributed by atoms with Crippen LogP contribution in [0.1, 0.15) is 25.6 Å². The molecule has 0 saturated carbocycles. The summed E-state index contributed by atoms with van der Waals surface area (Å²) in [5.74, 6) is 0.827. The van der Waals surface area contributed by atoms with Gasteiger partial charge in [0.25, 0.3) is 0 Å². The van der Waals surface area contributed by atoms with Crippen LogP contribution in [0.25, 0.3) is 0 Å². The second-order valence-corrected chi connectivity index (χ2v) is 3.71. The highest BCUT2D eigenvalue weighted by atomic mass is 16.5. The third-order valence-electron chi connectivity index (χ3n) is 2.57. The van der Waals surface area contributed by atoms with E-state index >= 15 is 0 Å². The molecule has 0 radical (unpaired) electrons. The summed E-state index contributed by atoms with van der Waals surface area (Å²) in [6.07, 6.45) is 4.44. The van der Waals surface area contributed by atoms with E-state index in [1.807, 2.05) is 4.68 Å². The molecule has 5 heteroatoms. The lowest BCUT2D eigenvalue weighted by Gasteiger charge is -2.11. The molecule has 0 amide bonds. The first-order valence-electron chi connectivity index (χ1n) is 5.02. The average molecular weight is 196 g/mol. The highest BCUT2D eigenvalue weighted by Crippen LogP contribution is 2.20. The van der Waals surface area contributed by atoms with E-state index in [-0.39, 0.29) is 6.10 Å². The predicted molar refractivity (Wildman–Crippen MR) is 51.5 cm³/mol. The molecule has 2 rings (SSSR count). The lowest BCUT2D eigenvalue weighted by atomic mass is 10.2. The lowest BCUT2D eigenvalue weighted by Crippen LogP contribution is -2.20. The zero-order chi connectivity index (χ0) is 9.97. The first-order chi connectivity index (χ1) is 6.79. The van der Waals surface area contributed by atoms with E-state index in [0.717, 1.165) is 25.2 Å². The van der Waals surface area contributed by atoms with Crippen LogP contribution in [0.2, 0.25) is 0 Å². The van der Waals surface area contributed by atoms with Crippen molar-refractivity contribution in [1.82, 2.24) is 14.8 Å². The maximum Gasteiger partial charge on any atom is 0.140 e. The summed E-state index contributed by atoms with van der Waals surface area (Å²) in [5.41, 5.74) is 5.53. The second kappa shape index (κ2) is 4.06. The number of nitrogens with two attached hydrogens (primary N) is 1. The van der Waals surface area contributed by atoms with Crippen molar-refractivity contribution in [2.45, 2.75) is 45.1 Å². The van der Waals surface area contributed by atoms with Crippen LogP contribution < -0.4 is 5.73 Å². The average Bonchev–Trinajstić information content (AvgIpc) is 2.76. The molecule has 2 atom stereocenters. The Kier molecular flexibility index (Phi) is 2.79. The summed E-state index contributed by atoms with van der Waals surface area (Å²) in [6, 6.07) is 0. The molecule has 0 aliphatic carbocycles. The normalized spacial score (nSPS) is 27.0. The van der Waals surface area contributed by atoms with Gasteiger partial charge in [-0.2, -0.15) is 5.10 Å². The van der Waals surface area contributed by atoms with Crippen LogP contribution in [-0.2, 0) is 17.8 Å². The molecule has 5 nitrogen and oxygen atoms in total. The molecule has 1 aromatic rings. The maximum absolute atomic E-state index is 5.70. The molecule has 0 aromatic carbocycles. The monoisotopic (exact) mass is 196 g/mol. The van der Waals surface area contributed by atoms with Gasteiger partial charge in [-0.25, -0.2) is 9.67 Å². The molecule has 0 spiro atoms. The molecular formula is C9H16N4O. The number of hydrogen-bond acceptors (Lipinski definition) is 4. The second-order valence-electron chi connectivity index (χ2n) is 3.71. The first-order valence-corrected chi connectivity index (χ1v) is 5.02. The third-order valence-corrected chi connectivity index (χ3v) is 2.57. The standard InChI is InChI=1S/C9H16N4O/c1-7-2-3-8(14-7)5-13-9(4-10)11-6-12-13/h6-8H,2-5,10H2,1H3. The van der Waals surface area contributed by atoms with Crippen LogP contribution in [-0.4, -0.2) is 27.0 Å². The molecule has 1 saturated heterocycles. The molecule has 2 N–H and O–H groups in total. The van der Waals surface area contributed by atoms with Crippen molar-refractivity contribution in [2.75, 3.05) is 0 Å². The molecule has 0 bridgehead atoms. The number of ether oxygens (including phenoxy) is 1. The molecule has 1 aliphatic heterocycles. The highest BCUT2D eigenvalue weighted by molar-refractivity contribution is 4.84. The van der Waals surface area contributed by atoms with E-state index in [2.05, 4.69) is 17.0 Å².